The van der Waals surface area contributed by atoms with Gasteiger partial charge in [0.1, 0.15) is 73.2 Å². The Labute approximate surface area is 625 Å². The van der Waals surface area contributed by atoms with E-state index in [-0.39, 0.29) is 18.9 Å². The first-order chi connectivity index (χ1) is 50.3. The molecule has 12 N–H and O–H groups in total. The van der Waals surface area contributed by atoms with Gasteiger partial charge in [0.2, 0.25) is 5.91 Å². The molecule has 19 nitrogen and oxygen atoms in total. The quantitative estimate of drug-likeness (QED) is 0.0199. The second-order valence-corrected chi connectivity index (χ2v) is 30.6. The predicted octanol–water partition coefficient (Wildman–Crippen LogP) is 15.1. The summed E-state index contributed by atoms with van der Waals surface area (Å²) in [6.07, 6.45) is 54.4. The van der Waals surface area contributed by atoms with Gasteiger partial charge in [-0.3, -0.25) is 4.79 Å². The van der Waals surface area contributed by atoms with Crippen molar-refractivity contribution in [2.75, 3.05) is 26.4 Å². The highest BCUT2D eigenvalue weighted by molar-refractivity contribution is 5.76. The molecule has 3 heterocycles. The largest absolute Gasteiger partial charge is 0.394 e. The van der Waals surface area contributed by atoms with Crippen LogP contribution in [0.25, 0.3) is 0 Å². The van der Waals surface area contributed by atoms with Crippen molar-refractivity contribution in [3.05, 3.63) is 36.5 Å². The van der Waals surface area contributed by atoms with Crippen molar-refractivity contribution in [3.8, 4) is 0 Å². The van der Waals surface area contributed by atoms with Crippen molar-refractivity contribution >= 4 is 5.91 Å². The standard InChI is InChI=1S/C84H157NO18/c1-3-5-7-9-11-13-15-17-19-21-23-25-27-29-31-33-34-35-37-39-41-43-45-47-49-51-53-55-57-59-61-68(89)67(85-72(90)62-60-58-56-54-52-50-48-46-44-42-40-38-36-32-30-28-26-24-22-20-18-16-14-12-10-8-6-4-2)66-98-82-78(96)75(93)80(70(64-87)100-82)103-84-79(97)76(94)81(71(65-88)101-84)102-83-77(95)74(92)73(91)69(63-86)99-83/h43,45,51,53,59,61,67-71,73-84,86-89,91-97H,3-42,44,46-50,52,54-58,60,62-66H2,1-2H3,(H,85,90)/b45-43+,53-51+,61-59+. The van der Waals surface area contributed by atoms with E-state index < -0.39 is 124 Å². The number of hydrogen-bond donors (Lipinski definition) is 12. The van der Waals surface area contributed by atoms with Gasteiger partial charge in [-0.2, -0.15) is 0 Å². The lowest BCUT2D eigenvalue weighted by atomic mass is 9.96. The first-order valence-electron chi connectivity index (χ1n) is 42.7. The highest BCUT2D eigenvalue weighted by atomic mass is 16.8. The molecular formula is C84H157NO18. The fourth-order valence-electron chi connectivity index (χ4n) is 14.6. The fraction of sp³-hybridized carbons (Fsp3) is 0.917. The second-order valence-electron chi connectivity index (χ2n) is 30.6. The van der Waals surface area contributed by atoms with Crippen molar-refractivity contribution in [2.24, 2.45) is 0 Å². The van der Waals surface area contributed by atoms with Gasteiger partial charge in [-0.25, -0.2) is 0 Å². The number of allylic oxidation sites excluding steroid dienone is 5. The number of carbonyl (C=O) groups excluding carboxylic acids is 1. The van der Waals surface area contributed by atoms with E-state index in [9.17, 15) is 61.0 Å². The molecule has 0 bridgehead atoms. The van der Waals surface area contributed by atoms with Crippen LogP contribution in [-0.2, 0) is 33.2 Å². The number of aliphatic hydroxyl groups excluding tert-OH is 11. The molecule has 19 heteroatoms. The van der Waals surface area contributed by atoms with E-state index in [4.69, 9.17) is 28.4 Å². The SMILES string of the molecule is CCCCCCCCCCCCCCCCCCCCCC/C=C/CC/C=C/CC/C=C/C(O)C(COC1OC(CO)C(OC2OC(CO)C(OC3OC(CO)C(O)C(O)C3O)C(O)C2O)C(O)C1O)NC(=O)CCCCCCCCCCCCCCCCCCCCCCCCCCCCCC. The van der Waals surface area contributed by atoms with Gasteiger partial charge >= 0.3 is 0 Å². The van der Waals surface area contributed by atoms with Gasteiger partial charge in [-0.05, 0) is 44.9 Å². The lowest BCUT2D eigenvalue weighted by Gasteiger charge is -2.48. The minimum absolute atomic E-state index is 0.237. The van der Waals surface area contributed by atoms with Gasteiger partial charge in [0.05, 0.1) is 38.6 Å². The van der Waals surface area contributed by atoms with E-state index in [1.54, 1.807) is 6.08 Å². The van der Waals surface area contributed by atoms with Crippen LogP contribution in [0, 0.1) is 0 Å². The number of carbonyl (C=O) groups is 1. The maximum absolute atomic E-state index is 13.5. The molecular weight excluding hydrogens is 1310 g/mol. The first kappa shape index (κ1) is 95.2. The smallest absolute Gasteiger partial charge is 0.220 e. The second kappa shape index (κ2) is 64.8. The third-order valence-corrected chi connectivity index (χ3v) is 21.4. The minimum Gasteiger partial charge on any atom is -0.394 e. The molecule has 3 aliphatic heterocycles. The lowest BCUT2D eigenvalue weighted by Crippen LogP contribution is -2.66. The number of hydrogen-bond acceptors (Lipinski definition) is 18. The summed E-state index contributed by atoms with van der Waals surface area (Å²) in [5, 5.41) is 121. The van der Waals surface area contributed by atoms with Crippen LogP contribution in [-0.4, -0.2) is 193 Å². The van der Waals surface area contributed by atoms with E-state index in [1.807, 2.05) is 6.08 Å². The van der Waals surface area contributed by atoms with E-state index in [2.05, 4.69) is 43.5 Å². The van der Waals surface area contributed by atoms with Gasteiger partial charge in [0.15, 0.2) is 18.9 Å². The van der Waals surface area contributed by atoms with Crippen molar-refractivity contribution in [1.82, 2.24) is 5.32 Å². The molecule has 0 radical (unpaired) electrons. The zero-order valence-electron chi connectivity index (χ0n) is 65.1. The molecule has 3 saturated heterocycles. The van der Waals surface area contributed by atoms with E-state index in [0.717, 1.165) is 44.9 Å². The summed E-state index contributed by atoms with van der Waals surface area (Å²) in [5.74, 6) is -0.282. The minimum atomic E-state index is -1.98. The van der Waals surface area contributed by atoms with Crippen LogP contribution in [0.2, 0.25) is 0 Å². The molecule has 3 rings (SSSR count). The number of ether oxygens (including phenoxy) is 6. The Morgan fingerprint density at radius 1 is 0.340 bits per heavy atom. The maximum Gasteiger partial charge on any atom is 0.220 e. The summed E-state index contributed by atoms with van der Waals surface area (Å²) >= 11 is 0. The molecule has 17 unspecified atom stereocenters. The van der Waals surface area contributed by atoms with Crippen molar-refractivity contribution in [1.29, 1.82) is 0 Å². The molecule has 0 aromatic carbocycles. The Morgan fingerprint density at radius 2 is 0.621 bits per heavy atom. The summed E-state index contributed by atoms with van der Waals surface area (Å²) in [6.45, 7) is 1.78. The van der Waals surface area contributed by atoms with Crippen LogP contribution in [0.4, 0.5) is 0 Å². The van der Waals surface area contributed by atoms with E-state index in [0.29, 0.717) is 12.8 Å². The van der Waals surface area contributed by atoms with Gasteiger partial charge in [-0.1, -0.05) is 346 Å². The van der Waals surface area contributed by atoms with Crippen molar-refractivity contribution in [3.63, 3.8) is 0 Å². The summed E-state index contributed by atoms with van der Waals surface area (Å²) in [5.41, 5.74) is 0. The van der Waals surface area contributed by atoms with Crippen LogP contribution in [0.5, 0.6) is 0 Å². The maximum atomic E-state index is 13.5. The number of rotatable bonds is 69. The third-order valence-electron chi connectivity index (χ3n) is 21.4. The molecule has 3 aliphatic rings. The van der Waals surface area contributed by atoms with Crippen LogP contribution in [0.3, 0.4) is 0 Å². The van der Waals surface area contributed by atoms with Crippen LogP contribution in [0.15, 0.2) is 36.5 Å². The van der Waals surface area contributed by atoms with Gasteiger partial charge in [0.25, 0.3) is 0 Å². The molecule has 17 atom stereocenters. The highest BCUT2D eigenvalue weighted by Gasteiger charge is 2.54. The summed E-state index contributed by atoms with van der Waals surface area (Å²) in [4.78, 5) is 13.5. The number of unbranched alkanes of at least 4 members (excludes halogenated alkanes) is 49. The predicted molar refractivity (Wildman–Crippen MR) is 411 cm³/mol. The first-order valence-corrected chi connectivity index (χ1v) is 42.7. The average molecular weight is 1470 g/mol. The Balaban J connectivity index is 1.37. The Bertz CT molecular complexity index is 2000. The van der Waals surface area contributed by atoms with Crippen LogP contribution in [0.1, 0.15) is 361 Å². The molecule has 606 valence electrons. The van der Waals surface area contributed by atoms with Crippen molar-refractivity contribution in [2.45, 2.75) is 465 Å². The normalized spacial score (nSPS) is 26.2. The van der Waals surface area contributed by atoms with Crippen LogP contribution < -0.4 is 5.32 Å². The molecule has 0 spiro atoms. The van der Waals surface area contributed by atoms with Gasteiger partial charge in [0, 0.05) is 6.42 Å². The van der Waals surface area contributed by atoms with Gasteiger partial charge < -0.3 is 89.9 Å². The molecule has 0 saturated carbocycles. The summed E-state index contributed by atoms with van der Waals surface area (Å²) < 4.78 is 34.5. The van der Waals surface area contributed by atoms with E-state index >= 15 is 0 Å². The number of aliphatic hydroxyl groups is 11. The zero-order valence-corrected chi connectivity index (χ0v) is 65.1. The molecule has 3 fully saturated rings. The summed E-state index contributed by atoms with van der Waals surface area (Å²) in [7, 11) is 0. The average Bonchev–Trinajstić information content (AvgIpc) is 0.780. The fourth-order valence-corrected chi connectivity index (χ4v) is 14.6. The van der Waals surface area contributed by atoms with Gasteiger partial charge in [-0.15, -0.1) is 0 Å². The molecule has 103 heavy (non-hydrogen) atoms. The number of nitrogens with one attached hydrogen (secondary N) is 1. The Kier molecular flexibility index (Phi) is 59.9. The number of amides is 1. The molecule has 0 aromatic heterocycles. The molecule has 1 amide bonds. The topological polar surface area (TPSA) is 307 Å². The zero-order chi connectivity index (χ0) is 74.6. The highest BCUT2D eigenvalue weighted by Crippen LogP contribution is 2.33. The lowest BCUT2D eigenvalue weighted by molar-refractivity contribution is -0.379. The third kappa shape index (κ3) is 44.5. The van der Waals surface area contributed by atoms with E-state index in [1.165, 1.54) is 283 Å². The Hall–Kier alpha value is -1.99. The summed E-state index contributed by atoms with van der Waals surface area (Å²) in [6, 6.07) is -0.996. The van der Waals surface area contributed by atoms with Crippen LogP contribution >= 0.6 is 0 Å². The molecule has 0 aromatic rings. The molecule has 0 aliphatic carbocycles. The monoisotopic (exact) mass is 1470 g/mol. The Morgan fingerprint density at radius 3 is 0.971 bits per heavy atom. The van der Waals surface area contributed by atoms with Crippen molar-refractivity contribution < 1.29 is 89.4 Å².